The molecule has 0 bridgehead atoms. The van der Waals surface area contributed by atoms with Crippen molar-refractivity contribution < 1.29 is 13.9 Å². The first-order chi connectivity index (χ1) is 6.91. The van der Waals surface area contributed by atoms with E-state index >= 15 is 0 Å². The monoisotopic (exact) mass is 234 g/mol. The van der Waals surface area contributed by atoms with E-state index < -0.39 is 17.7 Å². The van der Waals surface area contributed by atoms with E-state index in [-0.39, 0.29) is 16.5 Å². The van der Waals surface area contributed by atoms with Crippen molar-refractivity contribution in [3.05, 3.63) is 34.4 Å². The van der Waals surface area contributed by atoms with Crippen LogP contribution in [0.25, 0.3) is 0 Å². The molecule has 0 aliphatic rings. The highest BCUT2D eigenvalue weighted by molar-refractivity contribution is 6.30. The number of aliphatic hydroxyl groups is 1. The Kier molecular flexibility index (Phi) is 4.05. The van der Waals surface area contributed by atoms with Gasteiger partial charge in [-0.25, -0.2) is 8.78 Å². The third kappa shape index (κ3) is 3.14. The molecule has 0 saturated carbocycles. The summed E-state index contributed by atoms with van der Waals surface area (Å²) in [5.74, 6) is -1.18. The van der Waals surface area contributed by atoms with Crippen LogP contribution in [-0.2, 0) is 0 Å². The molecule has 0 aliphatic carbocycles. The molecule has 0 fully saturated rings. The molecule has 1 atom stereocenters. The van der Waals surface area contributed by atoms with E-state index in [0.29, 0.717) is 6.42 Å². The zero-order chi connectivity index (χ0) is 11.6. The maximum Gasteiger partial charge on any atom is 0.142 e. The molecule has 0 radical (unpaired) electrons. The largest absolute Gasteiger partial charge is 0.388 e. The summed E-state index contributed by atoms with van der Waals surface area (Å²) in [5, 5.41) is 9.37. The molecular weight excluding hydrogens is 222 g/mol. The van der Waals surface area contributed by atoms with Crippen LogP contribution in [0.5, 0.6) is 0 Å². The lowest BCUT2D eigenvalue weighted by molar-refractivity contribution is 0.146. The molecule has 1 rings (SSSR count). The smallest absolute Gasteiger partial charge is 0.142 e. The highest BCUT2D eigenvalue weighted by Gasteiger charge is 2.16. The minimum Gasteiger partial charge on any atom is -0.388 e. The van der Waals surface area contributed by atoms with Crippen molar-refractivity contribution in [2.45, 2.75) is 26.4 Å². The highest BCUT2D eigenvalue weighted by atomic mass is 35.5. The third-order valence-electron chi connectivity index (χ3n) is 2.09. The van der Waals surface area contributed by atoms with Gasteiger partial charge in [-0.15, -0.1) is 0 Å². The van der Waals surface area contributed by atoms with E-state index in [1.165, 1.54) is 0 Å². The zero-order valence-corrected chi connectivity index (χ0v) is 9.35. The van der Waals surface area contributed by atoms with Gasteiger partial charge in [0.1, 0.15) is 11.6 Å². The molecule has 0 spiro atoms. The van der Waals surface area contributed by atoms with Crippen LogP contribution in [0.4, 0.5) is 8.78 Å². The quantitative estimate of drug-likeness (QED) is 0.791. The van der Waals surface area contributed by atoms with Crippen LogP contribution in [-0.4, -0.2) is 5.11 Å². The molecular formula is C11H13ClF2O. The number of hydrogen-bond acceptors (Lipinski definition) is 1. The molecule has 1 nitrogen and oxygen atoms in total. The summed E-state index contributed by atoms with van der Waals surface area (Å²) < 4.78 is 26.4. The summed E-state index contributed by atoms with van der Waals surface area (Å²) in [7, 11) is 0. The van der Waals surface area contributed by atoms with E-state index in [2.05, 4.69) is 0 Å². The molecule has 0 amide bonds. The van der Waals surface area contributed by atoms with Gasteiger partial charge >= 0.3 is 0 Å². The first kappa shape index (κ1) is 12.4. The maximum absolute atomic E-state index is 13.3. The fraction of sp³-hybridized carbons (Fsp3) is 0.455. The maximum atomic E-state index is 13.3. The topological polar surface area (TPSA) is 20.2 Å². The van der Waals surface area contributed by atoms with Crippen LogP contribution in [0.1, 0.15) is 31.9 Å². The third-order valence-corrected chi connectivity index (χ3v) is 2.38. The molecule has 1 aromatic rings. The highest BCUT2D eigenvalue weighted by Crippen LogP contribution is 2.27. The second-order valence-corrected chi connectivity index (χ2v) is 4.34. The molecule has 1 aromatic carbocycles. The van der Waals surface area contributed by atoms with E-state index in [4.69, 9.17) is 11.6 Å². The van der Waals surface area contributed by atoms with Crippen molar-refractivity contribution in [1.82, 2.24) is 0 Å². The molecule has 0 aliphatic heterocycles. The SMILES string of the molecule is CC(C)CC(O)c1cc(F)c(Cl)cc1F. The van der Waals surface area contributed by atoms with Crippen molar-refractivity contribution in [2.24, 2.45) is 5.92 Å². The summed E-state index contributed by atoms with van der Waals surface area (Å²) in [4.78, 5) is 0. The summed E-state index contributed by atoms with van der Waals surface area (Å²) in [5.41, 5.74) is -0.0365. The first-order valence-corrected chi connectivity index (χ1v) is 5.12. The fourth-order valence-electron chi connectivity index (χ4n) is 1.37. The second kappa shape index (κ2) is 4.90. The Hall–Kier alpha value is -0.670. The number of aliphatic hydroxyl groups excluding tert-OH is 1. The Bertz CT molecular complexity index is 353. The molecule has 0 saturated heterocycles. The predicted molar refractivity (Wildman–Crippen MR) is 55.8 cm³/mol. The minimum atomic E-state index is -0.989. The van der Waals surface area contributed by atoms with Crippen LogP contribution >= 0.6 is 11.6 Å². The number of benzene rings is 1. The molecule has 4 heteroatoms. The molecule has 15 heavy (non-hydrogen) atoms. The normalized spacial score (nSPS) is 13.3. The molecule has 0 aromatic heterocycles. The Morgan fingerprint density at radius 3 is 2.40 bits per heavy atom. The van der Waals surface area contributed by atoms with Crippen LogP contribution in [0, 0.1) is 17.6 Å². The minimum absolute atomic E-state index is 0.0365. The van der Waals surface area contributed by atoms with Gasteiger partial charge in [-0.2, -0.15) is 0 Å². The van der Waals surface area contributed by atoms with Crippen LogP contribution < -0.4 is 0 Å². The second-order valence-electron chi connectivity index (χ2n) is 3.93. The van der Waals surface area contributed by atoms with E-state index in [0.717, 1.165) is 12.1 Å². The molecule has 0 heterocycles. The number of rotatable bonds is 3. The van der Waals surface area contributed by atoms with Crippen LogP contribution in [0.3, 0.4) is 0 Å². The Morgan fingerprint density at radius 1 is 1.27 bits per heavy atom. The van der Waals surface area contributed by atoms with E-state index in [9.17, 15) is 13.9 Å². The summed E-state index contributed by atoms with van der Waals surface area (Å²) in [6.07, 6.45) is -0.602. The number of hydrogen-bond donors (Lipinski definition) is 1. The lowest BCUT2D eigenvalue weighted by Gasteiger charge is -2.14. The van der Waals surface area contributed by atoms with Crippen molar-refractivity contribution in [2.75, 3.05) is 0 Å². The van der Waals surface area contributed by atoms with Gasteiger partial charge in [0, 0.05) is 5.56 Å². The lowest BCUT2D eigenvalue weighted by atomic mass is 9.99. The average Bonchev–Trinajstić information content (AvgIpc) is 2.09. The summed E-state index contributed by atoms with van der Waals surface area (Å²) >= 11 is 5.40. The van der Waals surface area contributed by atoms with Crippen LogP contribution in [0.2, 0.25) is 5.02 Å². The van der Waals surface area contributed by atoms with Crippen molar-refractivity contribution in [1.29, 1.82) is 0 Å². The fourth-order valence-corrected chi connectivity index (χ4v) is 1.52. The molecule has 84 valence electrons. The summed E-state index contributed by atoms with van der Waals surface area (Å²) in [6.45, 7) is 3.79. The van der Waals surface area contributed by atoms with Crippen molar-refractivity contribution in [3.8, 4) is 0 Å². The van der Waals surface area contributed by atoms with E-state index in [1.54, 1.807) is 0 Å². The van der Waals surface area contributed by atoms with Crippen molar-refractivity contribution in [3.63, 3.8) is 0 Å². The van der Waals surface area contributed by atoms with Gasteiger partial charge in [-0.3, -0.25) is 0 Å². The van der Waals surface area contributed by atoms with Gasteiger partial charge in [-0.1, -0.05) is 25.4 Å². The van der Waals surface area contributed by atoms with Crippen molar-refractivity contribution >= 4 is 11.6 Å². The molecule has 1 unspecified atom stereocenters. The molecule has 1 N–H and O–H groups in total. The standard InChI is InChI=1S/C11H13ClF2O/c1-6(2)3-11(15)7-4-10(14)8(12)5-9(7)13/h4-6,11,15H,3H2,1-2H3. The van der Waals surface area contributed by atoms with E-state index in [1.807, 2.05) is 13.8 Å². The Morgan fingerprint density at radius 2 is 1.87 bits per heavy atom. The van der Waals surface area contributed by atoms with Gasteiger partial charge in [0.05, 0.1) is 11.1 Å². The van der Waals surface area contributed by atoms with Gasteiger partial charge < -0.3 is 5.11 Å². The summed E-state index contributed by atoms with van der Waals surface area (Å²) in [6, 6.07) is 1.83. The Labute approximate surface area is 92.7 Å². The average molecular weight is 235 g/mol. The van der Waals surface area contributed by atoms with Gasteiger partial charge in [0.15, 0.2) is 0 Å². The Balaban J connectivity index is 2.98. The first-order valence-electron chi connectivity index (χ1n) is 4.74. The van der Waals surface area contributed by atoms with Gasteiger partial charge in [-0.05, 0) is 24.5 Å². The van der Waals surface area contributed by atoms with Gasteiger partial charge in [0.25, 0.3) is 0 Å². The number of halogens is 3. The predicted octanol–water partition coefficient (Wildman–Crippen LogP) is 3.70. The van der Waals surface area contributed by atoms with Gasteiger partial charge in [0.2, 0.25) is 0 Å². The van der Waals surface area contributed by atoms with Crippen LogP contribution in [0.15, 0.2) is 12.1 Å². The lowest BCUT2D eigenvalue weighted by Crippen LogP contribution is -2.05. The zero-order valence-electron chi connectivity index (χ0n) is 8.60.